The highest BCUT2D eigenvalue weighted by Crippen LogP contribution is 2.36. The highest BCUT2D eigenvalue weighted by molar-refractivity contribution is 5.74. The number of esters is 1. The number of methoxy groups -OCH3 is 2. The molecule has 3 rings (SSSR count). The van der Waals surface area contributed by atoms with E-state index in [2.05, 4.69) is 41.2 Å². The van der Waals surface area contributed by atoms with E-state index in [0.29, 0.717) is 23.8 Å². The van der Waals surface area contributed by atoms with Gasteiger partial charge in [-0.25, -0.2) is 9.97 Å². The van der Waals surface area contributed by atoms with Gasteiger partial charge in [-0.2, -0.15) is 5.26 Å². The van der Waals surface area contributed by atoms with Crippen LogP contribution in [0.4, 0.5) is 17.2 Å². The number of ether oxygens (including phenoxy) is 2. The number of hydrogen-bond acceptors (Lipinski definition) is 8. The average Bonchev–Trinajstić information content (AvgIpc) is 2.87. The summed E-state index contributed by atoms with van der Waals surface area (Å²) in [5, 5.41) is 12.6. The third kappa shape index (κ3) is 7.15. The summed E-state index contributed by atoms with van der Waals surface area (Å²) < 4.78 is 10.5. The minimum Gasteiger partial charge on any atom is -0.469 e. The van der Waals surface area contributed by atoms with Crippen molar-refractivity contribution < 1.29 is 14.3 Å². The van der Waals surface area contributed by atoms with Gasteiger partial charge in [-0.05, 0) is 61.3 Å². The van der Waals surface area contributed by atoms with E-state index < -0.39 is 0 Å². The normalized spacial score (nSPS) is 18.5. The molecule has 1 saturated carbocycles. The van der Waals surface area contributed by atoms with Crippen LogP contribution in [0.25, 0.3) is 0 Å². The molecule has 0 amide bonds. The van der Waals surface area contributed by atoms with Crippen molar-refractivity contribution in [2.45, 2.75) is 70.9 Å². The van der Waals surface area contributed by atoms with Crippen LogP contribution in [0, 0.1) is 17.2 Å². The van der Waals surface area contributed by atoms with Crippen LogP contribution in [-0.4, -0.2) is 48.8 Å². The smallest absolute Gasteiger partial charge is 0.306 e. The van der Waals surface area contributed by atoms with Crippen molar-refractivity contribution in [1.29, 1.82) is 5.26 Å². The average molecular weight is 480 g/mol. The molecule has 188 valence electrons. The van der Waals surface area contributed by atoms with Crippen molar-refractivity contribution in [2.24, 2.45) is 5.92 Å². The second-order valence-electron chi connectivity index (χ2n) is 9.70. The Bertz CT molecular complexity index is 1010. The van der Waals surface area contributed by atoms with E-state index >= 15 is 0 Å². The van der Waals surface area contributed by atoms with E-state index in [-0.39, 0.29) is 18.3 Å². The van der Waals surface area contributed by atoms with Crippen LogP contribution in [-0.2, 0) is 14.3 Å². The van der Waals surface area contributed by atoms with Crippen LogP contribution < -0.4 is 10.2 Å². The molecule has 2 aromatic heterocycles. The molecule has 2 aromatic rings. The van der Waals surface area contributed by atoms with Gasteiger partial charge in [0.2, 0.25) is 0 Å². The van der Waals surface area contributed by atoms with Crippen molar-refractivity contribution >= 4 is 23.2 Å². The lowest BCUT2D eigenvalue weighted by molar-refractivity contribution is -0.140. The lowest BCUT2D eigenvalue weighted by Gasteiger charge is -2.39. The lowest BCUT2D eigenvalue weighted by Crippen LogP contribution is -2.42. The number of rotatable bonds is 10. The standard InChI is InChI=1S/C27H37N5O3/c1-18(2)17-32(23-8-10-24(34-4)11-9-23)27-25(31-22-7-6-21(14-28)29-16-22)13-20(15-30-27)19(3)12-26(33)35-5/h6-7,13,15-16,18-19,23-24,31H,8-12,17H2,1-5H3/t19-,23?,24?/m1/s1. The highest BCUT2D eigenvalue weighted by Gasteiger charge is 2.29. The SMILES string of the molecule is COC(=O)C[C@@H](C)c1cnc(N(CC(C)C)C2CCC(OC)CC2)c(Nc2ccc(C#N)nc2)c1. The minimum atomic E-state index is -0.247. The van der Waals surface area contributed by atoms with Gasteiger partial charge in [-0.15, -0.1) is 0 Å². The fourth-order valence-corrected chi connectivity index (χ4v) is 4.60. The first kappa shape index (κ1) is 26.4. The van der Waals surface area contributed by atoms with Crippen molar-refractivity contribution in [2.75, 3.05) is 31.0 Å². The molecular formula is C27H37N5O3. The summed E-state index contributed by atoms with van der Waals surface area (Å²) in [6, 6.07) is 8.03. The van der Waals surface area contributed by atoms with Crippen molar-refractivity contribution in [3.63, 3.8) is 0 Å². The van der Waals surface area contributed by atoms with Gasteiger partial charge >= 0.3 is 5.97 Å². The quantitative estimate of drug-likeness (QED) is 0.465. The lowest BCUT2D eigenvalue weighted by atomic mass is 9.91. The monoisotopic (exact) mass is 479 g/mol. The van der Waals surface area contributed by atoms with Crippen LogP contribution in [0.2, 0.25) is 0 Å². The Labute approximate surface area is 208 Å². The second-order valence-corrected chi connectivity index (χ2v) is 9.70. The molecule has 0 unspecified atom stereocenters. The van der Waals surface area contributed by atoms with Crippen LogP contribution in [0.15, 0.2) is 30.6 Å². The topological polar surface area (TPSA) is 100 Å². The zero-order valence-corrected chi connectivity index (χ0v) is 21.5. The molecule has 1 atom stereocenters. The zero-order valence-electron chi connectivity index (χ0n) is 21.5. The van der Waals surface area contributed by atoms with Gasteiger partial charge in [0.05, 0.1) is 37.2 Å². The Hall–Kier alpha value is -3.18. The summed E-state index contributed by atoms with van der Waals surface area (Å²) >= 11 is 0. The maximum absolute atomic E-state index is 11.9. The summed E-state index contributed by atoms with van der Waals surface area (Å²) in [4.78, 5) is 23.4. The molecule has 2 heterocycles. The van der Waals surface area contributed by atoms with Crippen LogP contribution in [0.3, 0.4) is 0 Å². The highest BCUT2D eigenvalue weighted by atomic mass is 16.5. The van der Waals surface area contributed by atoms with E-state index in [0.717, 1.165) is 55.0 Å². The predicted molar refractivity (Wildman–Crippen MR) is 137 cm³/mol. The number of nitrogens with zero attached hydrogens (tertiary/aromatic N) is 4. The number of pyridine rings is 2. The number of aromatic nitrogens is 2. The van der Waals surface area contributed by atoms with Crippen LogP contribution in [0.5, 0.6) is 0 Å². The van der Waals surface area contributed by atoms with Gasteiger partial charge in [0.25, 0.3) is 0 Å². The van der Waals surface area contributed by atoms with Crippen molar-refractivity contribution in [1.82, 2.24) is 9.97 Å². The Morgan fingerprint density at radius 1 is 1.17 bits per heavy atom. The molecular weight excluding hydrogens is 442 g/mol. The first-order valence-corrected chi connectivity index (χ1v) is 12.3. The third-order valence-electron chi connectivity index (χ3n) is 6.57. The number of nitriles is 1. The molecule has 1 N–H and O–H groups in total. The minimum absolute atomic E-state index is 0.0423. The summed E-state index contributed by atoms with van der Waals surface area (Å²) in [7, 11) is 3.20. The zero-order chi connectivity index (χ0) is 25.4. The summed E-state index contributed by atoms with van der Waals surface area (Å²) in [6.45, 7) is 7.32. The predicted octanol–water partition coefficient (Wildman–Crippen LogP) is 5.18. The first-order valence-electron chi connectivity index (χ1n) is 12.3. The van der Waals surface area contributed by atoms with Gasteiger partial charge in [-0.1, -0.05) is 20.8 Å². The number of carbonyl (C=O) groups excluding carboxylic acids is 1. The third-order valence-corrected chi connectivity index (χ3v) is 6.57. The Morgan fingerprint density at radius 3 is 2.49 bits per heavy atom. The number of nitrogens with one attached hydrogen (secondary N) is 1. The summed E-state index contributed by atoms with van der Waals surface area (Å²) in [5.74, 6) is 1.06. The molecule has 0 saturated heterocycles. The molecule has 35 heavy (non-hydrogen) atoms. The fourth-order valence-electron chi connectivity index (χ4n) is 4.60. The number of carbonyl (C=O) groups is 1. The van der Waals surface area contributed by atoms with Gasteiger partial charge in [-0.3, -0.25) is 4.79 Å². The second kappa shape index (κ2) is 12.5. The molecule has 1 fully saturated rings. The van der Waals surface area contributed by atoms with Gasteiger partial charge < -0.3 is 19.7 Å². The van der Waals surface area contributed by atoms with E-state index in [9.17, 15) is 4.79 Å². The summed E-state index contributed by atoms with van der Waals surface area (Å²) in [5.41, 5.74) is 2.96. The molecule has 8 heteroatoms. The Kier molecular flexibility index (Phi) is 9.44. The van der Waals surface area contributed by atoms with Gasteiger partial charge in [0, 0.05) is 25.9 Å². The first-order chi connectivity index (χ1) is 16.8. The largest absolute Gasteiger partial charge is 0.469 e. The van der Waals surface area contributed by atoms with Gasteiger partial charge in [0.15, 0.2) is 5.82 Å². The van der Waals surface area contributed by atoms with E-state index in [1.165, 1.54) is 7.11 Å². The van der Waals surface area contributed by atoms with Crippen molar-refractivity contribution in [3.8, 4) is 6.07 Å². The fraction of sp³-hybridized carbons (Fsp3) is 0.556. The molecule has 0 aromatic carbocycles. The number of hydrogen-bond donors (Lipinski definition) is 1. The maximum atomic E-state index is 11.9. The van der Waals surface area contributed by atoms with E-state index in [1.54, 1.807) is 19.4 Å². The van der Waals surface area contributed by atoms with E-state index in [1.807, 2.05) is 19.2 Å². The Balaban J connectivity index is 1.98. The maximum Gasteiger partial charge on any atom is 0.306 e. The van der Waals surface area contributed by atoms with E-state index in [4.69, 9.17) is 19.7 Å². The van der Waals surface area contributed by atoms with Gasteiger partial charge in [0.1, 0.15) is 11.8 Å². The Morgan fingerprint density at radius 2 is 1.91 bits per heavy atom. The molecule has 0 spiro atoms. The van der Waals surface area contributed by atoms with Crippen LogP contribution >= 0.6 is 0 Å². The molecule has 0 bridgehead atoms. The molecule has 1 aliphatic carbocycles. The van der Waals surface area contributed by atoms with Crippen LogP contribution in [0.1, 0.15) is 70.1 Å². The molecule has 0 radical (unpaired) electrons. The summed E-state index contributed by atoms with van der Waals surface area (Å²) in [6.07, 6.45) is 8.30. The molecule has 8 nitrogen and oxygen atoms in total. The van der Waals surface area contributed by atoms with Crippen molar-refractivity contribution in [3.05, 3.63) is 41.9 Å². The molecule has 1 aliphatic rings. The number of anilines is 3. The molecule has 0 aliphatic heterocycles.